The van der Waals surface area contributed by atoms with Crippen molar-refractivity contribution in [2.24, 2.45) is 5.92 Å². The first kappa shape index (κ1) is 11.0. The number of halogens is 1. The van der Waals surface area contributed by atoms with Gasteiger partial charge in [0.05, 0.1) is 0 Å². The molecule has 1 rings (SSSR count). The van der Waals surface area contributed by atoms with Gasteiger partial charge in [0.25, 0.3) is 0 Å². The summed E-state index contributed by atoms with van der Waals surface area (Å²) in [5.74, 6) is 0.597. The summed E-state index contributed by atoms with van der Waals surface area (Å²) in [5.41, 5.74) is 0. The van der Waals surface area contributed by atoms with Crippen molar-refractivity contribution < 1.29 is 4.79 Å². The fraction of sp³-hybridized carbons (Fsp3) is 0.900. The van der Waals surface area contributed by atoms with Crippen LogP contribution in [-0.2, 0) is 4.79 Å². The van der Waals surface area contributed by atoms with E-state index in [4.69, 9.17) is 0 Å². The van der Waals surface area contributed by atoms with E-state index in [0.29, 0.717) is 12.0 Å². The molecule has 76 valence electrons. The maximum atomic E-state index is 11.5. The number of nitrogens with one attached hydrogen (secondary N) is 1. The fourth-order valence-corrected chi connectivity index (χ4v) is 1.81. The molecule has 1 aliphatic carbocycles. The third-order valence-electron chi connectivity index (χ3n) is 2.64. The molecule has 0 aliphatic heterocycles. The van der Waals surface area contributed by atoms with Crippen LogP contribution >= 0.6 is 15.9 Å². The van der Waals surface area contributed by atoms with Crippen LogP contribution in [0.4, 0.5) is 0 Å². The van der Waals surface area contributed by atoms with Crippen LogP contribution in [0.3, 0.4) is 0 Å². The first-order chi connectivity index (χ1) is 6.24. The Bertz CT molecular complexity index is 168. The number of amides is 1. The number of alkyl halides is 1. The van der Waals surface area contributed by atoms with Gasteiger partial charge in [-0.05, 0) is 32.6 Å². The van der Waals surface area contributed by atoms with E-state index < -0.39 is 0 Å². The molecule has 0 spiro atoms. The number of hydrogen-bond donors (Lipinski definition) is 1. The highest BCUT2D eigenvalue weighted by Gasteiger charge is 2.25. The van der Waals surface area contributed by atoms with Crippen molar-refractivity contribution in [1.29, 1.82) is 0 Å². The minimum Gasteiger partial charge on any atom is -0.353 e. The van der Waals surface area contributed by atoms with E-state index in [9.17, 15) is 4.79 Å². The number of carbonyl (C=O) groups is 1. The van der Waals surface area contributed by atoms with Crippen molar-refractivity contribution in [1.82, 2.24) is 5.32 Å². The van der Waals surface area contributed by atoms with Gasteiger partial charge in [-0.25, -0.2) is 0 Å². The smallest absolute Gasteiger partial charge is 0.223 e. The molecular weight excluding hydrogens is 230 g/mol. The van der Waals surface area contributed by atoms with Crippen molar-refractivity contribution in [3.05, 3.63) is 0 Å². The molecule has 1 N–H and O–H groups in total. The Balaban J connectivity index is 2.11. The van der Waals surface area contributed by atoms with Gasteiger partial charge in [-0.15, -0.1) is 0 Å². The van der Waals surface area contributed by atoms with E-state index in [1.165, 1.54) is 6.42 Å². The maximum absolute atomic E-state index is 11.5. The number of carbonyl (C=O) groups excluding carboxylic acids is 1. The van der Waals surface area contributed by atoms with E-state index >= 15 is 0 Å². The van der Waals surface area contributed by atoms with Gasteiger partial charge in [0, 0.05) is 17.3 Å². The molecule has 0 saturated heterocycles. The Morgan fingerprint density at radius 2 is 2.31 bits per heavy atom. The summed E-state index contributed by atoms with van der Waals surface area (Å²) in [6.45, 7) is 2.08. The van der Waals surface area contributed by atoms with Crippen LogP contribution in [0.25, 0.3) is 0 Å². The predicted molar refractivity (Wildman–Crippen MR) is 58.0 cm³/mol. The molecule has 1 saturated carbocycles. The molecule has 0 radical (unpaired) electrons. The molecule has 1 fully saturated rings. The van der Waals surface area contributed by atoms with Crippen LogP contribution in [0, 0.1) is 5.92 Å². The minimum absolute atomic E-state index is 0.272. The standard InChI is InChI=1S/C10H18BrNO/c1-8(4-3-7-11)12-10(13)9-5-2-6-9/h8-9H,2-7H2,1H3,(H,12,13). The fourth-order valence-electron chi connectivity index (χ4n) is 1.49. The molecule has 1 aliphatic rings. The van der Waals surface area contributed by atoms with Crippen molar-refractivity contribution in [3.8, 4) is 0 Å². The molecule has 0 aromatic heterocycles. The van der Waals surface area contributed by atoms with E-state index in [2.05, 4.69) is 28.2 Å². The maximum Gasteiger partial charge on any atom is 0.223 e. The summed E-state index contributed by atoms with van der Waals surface area (Å²) in [6.07, 6.45) is 5.62. The zero-order chi connectivity index (χ0) is 9.68. The average molecular weight is 248 g/mol. The summed E-state index contributed by atoms with van der Waals surface area (Å²) < 4.78 is 0. The van der Waals surface area contributed by atoms with Crippen molar-refractivity contribution in [3.63, 3.8) is 0 Å². The Kier molecular flexibility index (Phi) is 4.78. The molecule has 0 heterocycles. The van der Waals surface area contributed by atoms with Crippen molar-refractivity contribution in [2.45, 2.75) is 45.1 Å². The normalized spacial score (nSPS) is 19.2. The van der Waals surface area contributed by atoms with Gasteiger partial charge in [-0.3, -0.25) is 4.79 Å². The van der Waals surface area contributed by atoms with E-state index in [0.717, 1.165) is 31.0 Å². The number of hydrogen-bond acceptors (Lipinski definition) is 1. The van der Waals surface area contributed by atoms with Gasteiger partial charge >= 0.3 is 0 Å². The average Bonchev–Trinajstić information content (AvgIpc) is 1.97. The third kappa shape index (κ3) is 3.67. The Morgan fingerprint density at radius 3 is 2.77 bits per heavy atom. The van der Waals surface area contributed by atoms with E-state index in [1.54, 1.807) is 0 Å². The molecule has 1 unspecified atom stereocenters. The van der Waals surface area contributed by atoms with Crippen LogP contribution in [0.2, 0.25) is 0 Å². The Morgan fingerprint density at radius 1 is 1.62 bits per heavy atom. The van der Waals surface area contributed by atoms with Crippen LogP contribution in [0.15, 0.2) is 0 Å². The molecule has 1 atom stereocenters. The molecule has 2 nitrogen and oxygen atoms in total. The van der Waals surface area contributed by atoms with Crippen LogP contribution < -0.4 is 5.32 Å². The highest BCUT2D eigenvalue weighted by Crippen LogP contribution is 2.26. The second-order valence-corrected chi connectivity index (χ2v) is 4.66. The summed E-state index contributed by atoms with van der Waals surface area (Å²) >= 11 is 3.39. The van der Waals surface area contributed by atoms with Crippen LogP contribution in [0.5, 0.6) is 0 Å². The van der Waals surface area contributed by atoms with Gasteiger partial charge in [-0.2, -0.15) is 0 Å². The van der Waals surface area contributed by atoms with E-state index in [1.807, 2.05) is 0 Å². The summed E-state index contributed by atoms with van der Waals surface area (Å²) in [4.78, 5) is 11.5. The Labute approximate surface area is 88.6 Å². The Hall–Kier alpha value is -0.0500. The first-order valence-electron chi connectivity index (χ1n) is 5.10. The molecule has 0 aromatic carbocycles. The van der Waals surface area contributed by atoms with Crippen molar-refractivity contribution in [2.75, 3.05) is 5.33 Å². The first-order valence-corrected chi connectivity index (χ1v) is 6.22. The zero-order valence-corrected chi connectivity index (χ0v) is 9.77. The van der Waals surface area contributed by atoms with E-state index in [-0.39, 0.29) is 5.91 Å². The predicted octanol–water partition coefficient (Wildman–Crippen LogP) is 2.47. The molecule has 3 heteroatoms. The zero-order valence-electron chi connectivity index (χ0n) is 8.18. The topological polar surface area (TPSA) is 29.1 Å². The molecule has 0 aromatic rings. The summed E-state index contributed by atoms with van der Waals surface area (Å²) in [5, 5.41) is 4.08. The summed E-state index contributed by atoms with van der Waals surface area (Å²) in [7, 11) is 0. The molecule has 1 amide bonds. The highest BCUT2D eigenvalue weighted by molar-refractivity contribution is 9.09. The van der Waals surface area contributed by atoms with Gasteiger partial charge in [0.1, 0.15) is 0 Å². The second-order valence-electron chi connectivity index (χ2n) is 3.87. The van der Waals surface area contributed by atoms with Gasteiger partial charge in [0.15, 0.2) is 0 Å². The molecule has 13 heavy (non-hydrogen) atoms. The van der Waals surface area contributed by atoms with Crippen LogP contribution in [-0.4, -0.2) is 17.3 Å². The lowest BCUT2D eigenvalue weighted by Crippen LogP contribution is -2.39. The minimum atomic E-state index is 0.272. The lowest BCUT2D eigenvalue weighted by molar-refractivity contribution is -0.128. The molecule has 0 bridgehead atoms. The highest BCUT2D eigenvalue weighted by atomic mass is 79.9. The van der Waals surface area contributed by atoms with Gasteiger partial charge < -0.3 is 5.32 Å². The van der Waals surface area contributed by atoms with Gasteiger partial charge in [0.2, 0.25) is 5.91 Å². The summed E-state index contributed by atoms with van der Waals surface area (Å²) in [6, 6.07) is 0.339. The lowest BCUT2D eigenvalue weighted by atomic mass is 9.84. The monoisotopic (exact) mass is 247 g/mol. The van der Waals surface area contributed by atoms with Gasteiger partial charge in [-0.1, -0.05) is 22.4 Å². The second kappa shape index (κ2) is 5.63. The lowest BCUT2D eigenvalue weighted by Gasteiger charge is -2.26. The third-order valence-corrected chi connectivity index (χ3v) is 3.20. The molecular formula is C10H18BrNO. The van der Waals surface area contributed by atoms with Crippen LogP contribution in [0.1, 0.15) is 39.0 Å². The largest absolute Gasteiger partial charge is 0.353 e. The quantitative estimate of drug-likeness (QED) is 0.744. The number of rotatable bonds is 5. The SMILES string of the molecule is CC(CCCBr)NC(=O)C1CCC1. The van der Waals surface area contributed by atoms with Crippen molar-refractivity contribution >= 4 is 21.8 Å².